The summed E-state index contributed by atoms with van der Waals surface area (Å²) in [5.74, 6) is 0.811. The summed E-state index contributed by atoms with van der Waals surface area (Å²) in [6.45, 7) is 11.4. The van der Waals surface area contributed by atoms with E-state index in [0.29, 0.717) is 19.3 Å². The van der Waals surface area contributed by atoms with Crippen LogP contribution in [0.15, 0.2) is 0 Å². The normalized spacial score (nSPS) is 12.0. The maximum atomic E-state index is 12.8. The van der Waals surface area contributed by atoms with Gasteiger partial charge in [0.15, 0.2) is 6.10 Å². The van der Waals surface area contributed by atoms with Crippen LogP contribution in [0.3, 0.4) is 0 Å². The molecule has 0 saturated heterocycles. The van der Waals surface area contributed by atoms with Crippen LogP contribution < -0.4 is 0 Å². The van der Waals surface area contributed by atoms with Crippen LogP contribution in [-0.2, 0) is 28.6 Å². The Morgan fingerprint density at radius 2 is 0.524 bits per heavy atom. The van der Waals surface area contributed by atoms with Crippen LogP contribution in [-0.4, -0.2) is 37.2 Å². The predicted molar refractivity (Wildman–Crippen MR) is 270 cm³/mol. The second kappa shape index (κ2) is 49.8. The third kappa shape index (κ3) is 51.3. The van der Waals surface area contributed by atoms with E-state index in [-0.39, 0.29) is 31.1 Å². The Bertz CT molecular complexity index is 962. The first-order valence-electron chi connectivity index (χ1n) is 28.2. The molecule has 0 radical (unpaired) electrons. The van der Waals surface area contributed by atoms with Crippen LogP contribution in [0, 0.1) is 11.8 Å². The number of rotatable bonds is 51. The van der Waals surface area contributed by atoms with Gasteiger partial charge >= 0.3 is 17.9 Å². The Morgan fingerprint density at radius 1 is 0.302 bits per heavy atom. The molecule has 0 heterocycles. The summed E-state index contributed by atoms with van der Waals surface area (Å²) in [4.78, 5) is 38.1. The van der Waals surface area contributed by atoms with E-state index in [1.54, 1.807) is 0 Å². The topological polar surface area (TPSA) is 78.9 Å². The summed E-state index contributed by atoms with van der Waals surface area (Å²) in [6, 6.07) is 0. The molecule has 0 unspecified atom stereocenters. The number of hydrogen-bond acceptors (Lipinski definition) is 6. The zero-order valence-electron chi connectivity index (χ0n) is 43.2. The van der Waals surface area contributed by atoms with Crippen molar-refractivity contribution in [1.82, 2.24) is 0 Å². The summed E-state index contributed by atoms with van der Waals surface area (Å²) < 4.78 is 16.9. The largest absolute Gasteiger partial charge is 0.462 e. The van der Waals surface area contributed by atoms with Crippen LogP contribution in [0.2, 0.25) is 0 Å². The van der Waals surface area contributed by atoms with E-state index in [1.165, 1.54) is 205 Å². The van der Waals surface area contributed by atoms with Gasteiger partial charge in [-0.3, -0.25) is 14.4 Å². The van der Waals surface area contributed by atoms with Crippen molar-refractivity contribution in [3.63, 3.8) is 0 Å². The zero-order chi connectivity index (χ0) is 46.1. The molecule has 0 amide bonds. The van der Waals surface area contributed by atoms with Gasteiger partial charge in [-0.1, -0.05) is 279 Å². The van der Waals surface area contributed by atoms with Crippen molar-refractivity contribution in [3.05, 3.63) is 0 Å². The van der Waals surface area contributed by atoms with E-state index >= 15 is 0 Å². The first kappa shape index (κ1) is 61.4. The van der Waals surface area contributed by atoms with E-state index in [4.69, 9.17) is 14.2 Å². The molecule has 6 heteroatoms. The lowest BCUT2D eigenvalue weighted by Gasteiger charge is -2.18. The monoisotopic (exact) mass is 891 g/mol. The number of carbonyl (C=O) groups excluding carboxylic acids is 3. The van der Waals surface area contributed by atoms with Crippen molar-refractivity contribution >= 4 is 17.9 Å². The van der Waals surface area contributed by atoms with Crippen molar-refractivity contribution in [2.24, 2.45) is 11.8 Å². The molecule has 0 bridgehead atoms. The highest BCUT2D eigenvalue weighted by Crippen LogP contribution is 2.18. The fourth-order valence-electron chi connectivity index (χ4n) is 8.70. The summed E-state index contributed by atoms with van der Waals surface area (Å²) >= 11 is 0. The second-order valence-electron chi connectivity index (χ2n) is 20.5. The van der Waals surface area contributed by atoms with E-state index in [0.717, 1.165) is 69.6 Å². The minimum absolute atomic E-state index is 0.0631. The highest BCUT2D eigenvalue weighted by atomic mass is 16.6. The minimum atomic E-state index is -0.762. The van der Waals surface area contributed by atoms with Gasteiger partial charge in [0.25, 0.3) is 0 Å². The molecule has 0 aliphatic heterocycles. The third-order valence-corrected chi connectivity index (χ3v) is 13.0. The fourth-order valence-corrected chi connectivity index (χ4v) is 8.70. The van der Waals surface area contributed by atoms with Crippen LogP contribution in [0.25, 0.3) is 0 Å². The lowest BCUT2D eigenvalue weighted by Crippen LogP contribution is -2.30. The highest BCUT2D eigenvalue weighted by molar-refractivity contribution is 5.71. The molecule has 63 heavy (non-hydrogen) atoms. The molecule has 0 aliphatic carbocycles. The zero-order valence-corrected chi connectivity index (χ0v) is 43.2. The van der Waals surface area contributed by atoms with Gasteiger partial charge in [0.1, 0.15) is 13.2 Å². The van der Waals surface area contributed by atoms with Gasteiger partial charge < -0.3 is 14.2 Å². The molecule has 0 N–H and O–H groups in total. The van der Waals surface area contributed by atoms with Gasteiger partial charge in [-0.2, -0.15) is 0 Å². The molecule has 1 atom stereocenters. The number of ether oxygens (including phenoxy) is 3. The Morgan fingerprint density at radius 3 is 0.778 bits per heavy atom. The molecular formula is C57H110O6. The summed E-state index contributed by atoms with van der Waals surface area (Å²) in [5.41, 5.74) is 0. The van der Waals surface area contributed by atoms with Crippen molar-refractivity contribution in [2.45, 2.75) is 323 Å². The molecule has 0 rings (SSSR count). The standard InChI is InChI=1S/C57H110O6/c1-6-7-8-9-10-11-12-13-14-15-20-23-28-34-39-44-49-57(60)63-54(51-62-56(59)48-43-38-33-29-24-26-31-36-41-46-53(4)5)50-61-55(58)47-42-37-32-27-22-19-17-16-18-21-25-30-35-40-45-52(2)3/h52-54H,6-51H2,1-5H3/t54-/m1/s1. The molecule has 0 fully saturated rings. The second-order valence-corrected chi connectivity index (χ2v) is 20.5. The van der Waals surface area contributed by atoms with Gasteiger partial charge in [0, 0.05) is 19.3 Å². The maximum absolute atomic E-state index is 12.8. The Balaban J connectivity index is 4.29. The van der Waals surface area contributed by atoms with Crippen LogP contribution in [0.4, 0.5) is 0 Å². The quantitative estimate of drug-likeness (QED) is 0.0344. The summed E-state index contributed by atoms with van der Waals surface area (Å²) in [7, 11) is 0. The first-order chi connectivity index (χ1) is 30.7. The number of carbonyl (C=O) groups is 3. The lowest BCUT2D eigenvalue weighted by atomic mass is 10.0. The van der Waals surface area contributed by atoms with Gasteiger partial charge in [-0.25, -0.2) is 0 Å². The predicted octanol–water partition coefficient (Wildman–Crippen LogP) is 18.5. The third-order valence-electron chi connectivity index (χ3n) is 13.0. The number of unbranched alkanes of at least 4 members (excludes halogenated alkanes) is 36. The molecule has 0 aromatic carbocycles. The Kier molecular flexibility index (Phi) is 48.6. The van der Waals surface area contributed by atoms with E-state index in [2.05, 4.69) is 34.6 Å². The van der Waals surface area contributed by atoms with Crippen LogP contribution in [0.5, 0.6) is 0 Å². The van der Waals surface area contributed by atoms with E-state index in [1.807, 2.05) is 0 Å². The number of esters is 3. The molecule has 0 aliphatic rings. The molecule has 0 aromatic heterocycles. The van der Waals surface area contributed by atoms with Gasteiger partial charge in [-0.05, 0) is 31.1 Å². The van der Waals surface area contributed by atoms with Crippen LogP contribution >= 0.6 is 0 Å². The molecular weight excluding hydrogens is 781 g/mol. The van der Waals surface area contributed by atoms with Crippen molar-refractivity contribution in [1.29, 1.82) is 0 Å². The van der Waals surface area contributed by atoms with Crippen molar-refractivity contribution in [2.75, 3.05) is 13.2 Å². The van der Waals surface area contributed by atoms with Crippen molar-refractivity contribution < 1.29 is 28.6 Å². The molecule has 374 valence electrons. The molecule has 0 aromatic rings. The first-order valence-corrected chi connectivity index (χ1v) is 28.2. The maximum Gasteiger partial charge on any atom is 0.306 e. The van der Waals surface area contributed by atoms with Crippen molar-refractivity contribution in [3.8, 4) is 0 Å². The molecule has 0 saturated carbocycles. The minimum Gasteiger partial charge on any atom is -0.462 e. The van der Waals surface area contributed by atoms with E-state index < -0.39 is 6.10 Å². The lowest BCUT2D eigenvalue weighted by molar-refractivity contribution is -0.167. The Labute approximate surface area is 393 Å². The van der Waals surface area contributed by atoms with Crippen LogP contribution in [0.1, 0.15) is 317 Å². The molecule has 0 spiro atoms. The Hall–Kier alpha value is -1.59. The molecule has 6 nitrogen and oxygen atoms in total. The van der Waals surface area contributed by atoms with Gasteiger partial charge in [0.05, 0.1) is 0 Å². The average molecular weight is 892 g/mol. The SMILES string of the molecule is CCCCCCCCCCCCCCCCCCC(=O)O[C@H](COC(=O)CCCCCCCCCCCCCCCCC(C)C)COC(=O)CCCCCCCCCCCC(C)C. The smallest absolute Gasteiger partial charge is 0.306 e. The highest BCUT2D eigenvalue weighted by Gasteiger charge is 2.19. The number of hydrogen-bond donors (Lipinski definition) is 0. The summed E-state index contributed by atoms with van der Waals surface area (Å²) in [5, 5.41) is 0. The van der Waals surface area contributed by atoms with Gasteiger partial charge in [-0.15, -0.1) is 0 Å². The summed E-state index contributed by atoms with van der Waals surface area (Å²) in [6.07, 6.45) is 52.4. The average Bonchev–Trinajstić information content (AvgIpc) is 3.25. The fraction of sp³-hybridized carbons (Fsp3) is 0.947. The van der Waals surface area contributed by atoms with Gasteiger partial charge in [0.2, 0.25) is 0 Å². The van der Waals surface area contributed by atoms with E-state index in [9.17, 15) is 14.4 Å².